The number of nitrogens with zero attached hydrogens (tertiary/aromatic N) is 12. The Kier molecular flexibility index (Phi) is 16.3. The molecule has 0 fully saturated rings. The van der Waals surface area contributed by atoms with Gasteiger partial charge in [0.05, 0.1) is 11.8 Å². The number of rotatable bonds is 15. The lowest BCUT2D eigenvalue weighted by molar-refractivity contribution is 0.290. The van der Waals surface area contributed by atoms with Gasteiger partial charge in [-0.1, -0.05) is 20.8 Å². The fraction of sp³-hybridized carbons (Fsp3) is 1.00. The van der Waals surface area contributed by atoms with Crippen LogP contribution in [0.25, 0.3) is 0 Å². The lowest BCUT2D eigenvalue weighted by Crippen LogP contribution is -2.32. The maximum Gasteiger partial charge on any atom is 0.305 e. The molecule has 0 aliphatic rings. The van der Waals surface area contributed by atoms with E-state index in [0.717, 1.165) is 6.42 Å². The molecular formula is C26H71N13P4. The topological polar surface area (TPSA) is 87.4 Å². The summed E-state index contributed by atoms with van der Waals surface area (Å²) < 4.78 is 42.0. The van der Waals surface area contributed by atoms with Gasteiger partial charge in [-0.2, -0.15) is 13.5 Å². The van der Waals surface area contributed by atoms with Crippen LogP contribution < -0.4 is 5.32 Å². The van der Waals surface area contributed by atoms with Gasteiger partial charge in [0, 0.05) is 0 Å². The van der Waals surface area contributed by atoms with Gasteiger partial charge in [-0.3, -0.25) is 37.4 Å². The predicted molar refractivity (Wildman–Crippen MR) is 199 cm³/mol. The van der Waals surface area contributed by atoms with Gasteiger partial charge in [0.2, 0.25) is 0 Å². The molecule has 17 heteroatoms. The van der Waals surface area contributed by atoms with Crippen LogP contribution in [0.15, 0.2) is 18.3 Å². The molecule has 0 aliphatic carbocycles. The molecule has 0 aliphatic heterocycles. The van der Waals surface area contributed by atoms with E-state index >= 15 is 0 Å². The highest BCUT2D eigenvalue weighted by Crippen LogP contribution is 2.78. The summed E-state index contributed by atoms with van der Waals surface area (Å²) in [6.07, 6.45) is 1.56. The maximum absolute atomic E-state index is 6.01. The van der Waals surface area contributed by atoms with Crippen LogP contribution in [-0.2, 0) is 0 Å². The molecule has 0 spiro atoms. The zero-order chi connectivity index (χ0) is 34.6. The van der Waals surface area contributed by atoms with Crippen molar-refractivity contribution in [2.75, 3.05) is 126 Å². The number of nitrogens with one attached hydrogen (secondary N) is 1. The van der Waals surface area contributed by atoms with Gasteiger partial charge in [0.15, 0.2) is 15.0 Å². The minimum Gasteiger partial charge on any atom is -0.312 e. The van der Waals surface area contributed by atoms with E-state index in [-0.39, 0.29) is 5.41 Å². The van der Waals surface area contributed by atoms with Crippen molar-refractivity contribution in [3.8, 4) is 0 Å². The Labute approximate surface area is 268 Å². The van der Waals surface area contributed by atoms with Crippen LogP contribution in [0, 0.1) is 5.41 Å². The molecule has 0 amide bonds. The standard InChI is InChI=1S/C26H71N13P4/c1-25(2,3)23-26(4,5)28-41(29-40(24-27-6,32(7)8)33(9)10,30-42(34(11)12,35(13)14)36(15)16)31-43(37(17)18,38(19)20)39(21)22/h27H,23-24H2,1-22H3. The van der Waals surface area contributed by atoms with Gasteiger partial charge in [-0.25, -0.2) is 4.74 Å². The summed E-state index contributed by atoms with van der Waals surface area (Å²) in [5.41, 5.74) is -0.394. The molecule has 0 radical (unpaired) electrons. The van der Waals surface area contributed by atoms with Crippen molar-refractivity contribution in [3.63, 3.8) is 0 Å². The molecule has 0 saturated heterocycles. The van der Waals surface area contributed by atoms with Crippen molar-refractivity contribution < 1.29 is 0 Å². The van der Waals surface area contributed by atoms with Crippen molar-refractivity contribution in [2.45, 2.75) is 46.6 Å². The van der Waals surface area contributed by atoms with E-state index in [1.54, 1.807) is 0 Å². The Morgan fingerprint density at radius 3 is 1.00 bits per heavy atom. The molecule has 1 N–H and O–H groups in total. The van der Waals surface area contributed by atoms with Crippen LogP contribution >= 0.6 is 29.9 Å². The van der Waals surface area contributed by atoms with Crippen molar-refractivity contribution >= 4 is 29.9 Å². The molecule has 0 heterocycles. The largest absolute Gasteiger partial charge is 0.312 e. The van der Waals surface area contributed by atoms with E-state index < -0.39 is 35.4 Å². The molecule has 13 nitrogen and oxygen atoms in total. The van der Waals surface area contributed by atoms with Crippen LogP contribution in [0.4, 0.5) is 0 Å². The molecule has 0 unspecified atom stereocenters. The molecule has 0 atom stereocenters. The van der Waals surface area contributed by atoms with E-state index in [4.69, 9.17) is 18.3 Å². The molecule has 0 rings (SSSR count). The van der Waals surface area contributed by atoms with Crippen LogP contribution in [0.1, 0.15) is 41.0 Å². The Balaban J connectivity index is 9.65. The Bertz CT molecular complexity index is 998. The van der Waals surface area contributed by atoms with Gasteiger partial charge < -0.3 is 5.32 Å². The van der Waals surface area contributed by atoms with Crippen molar-refractivity contribution in [1.29, 1.82) is 0 Å². The molecule has 0 bridgehead atoms. The summed E-state index contributed by atoms with van der Waals surface area (Å²) in [5.74, 6) is 0. The average Bonchev–Trinajstić information content (AvgIpc) is 2.77. The summed E-state index contributed by atoms with van der Waals surface area (Å²) in [4.78, 5) is 0. The average molecular weight is 690 g/mol. The minimum absolute atomic E-state index is 0.0523. The first-order valence-electron chi connectivity index (χ1n) is 14.8. The first-order valence-corrected chi connectivity index (χ1v) is 21.4. The van der Waals surface area contributed by atoms with E-state index in [9.17, 15) is 0 Å². The van der Waals surface area contributed by atoms with Gasteiger partial charge in [0.25, 0.3) is 0 Å². The summed E-state index contributed by atoms with van der Waals surface area (Å²) in [7, 11) is 25.3. The van der Waals surface area contributed by atoms with Gasteiger partial charge in [0.1, 0.15) is 7.36 Å². The molecule has 0 aromatic rings. The fourth-order valence-electron chi connectivity index (χ4n) is 6.00. The van der Waals surface area contributed by atoms with E-state index in [2.05, 4.69) is 190 Å². The quantitative estimate of drug-likeness (QED) is 0.188. The highest BCUT2D eigenvalue weighted by molar-refractivity contribution is 7.81. The van der Waals surface area contributed by atoms with Crippen molar-refractivity contribution in [1.82, 2.24) is 42.7 Å². The zero-order valence-electron chi connectivity index (χ0n) is 32.1. The monoisotopic (exact) mass is 689 g/mol. The van der Waals surface area contributed by atoms with Gasteiger partial charge in [-0.05, 0) is 145 Å². The molecule has 0 aromatic carbocycles. The maximum atomic E-state index is 6.01. The predicted octanol–water partition coefficient (Wildman–Crippen LogP) is 6.74. The Morgan fingerprint density at radius 2 is 0.791 bits per heavy atom. The molecule has 0 saturated carbocycles. The summed E-state index contributed by atoms with van der Waals surface area (Å²) in [6.45, 7) is 11.3. The van der Waals surface area contributed by atoms with Crippen LogP contribution in [0.2, 0.25) is 0 Å². The Morgan fingerprint density at radius 1 is 0.488 bits per heavy atom. The first kappa shape index (κ1) is 43.6. The summed E-state index contributed by atoms with van der Waals surface area (Å²) in [6, 6.07) is 0. The van der Waals surface area contributed by atoms with Gasteiger partial charge in [-0.15, -0.1) is 0 Å². The second-order valence-electron chi connectivity index (χ2n) is 14.5. The van der Waals surface area contributed by atoms with Crippen LogP contribution in [-0.4, -0.2) is 169 Å². The van der Waals surface area contributed by atoms with Crippen LogP contribution in [0.5, 0.6) is 0 Å². The van der Waals surface area contributed by atoms with E-state index in [0.29, 0.717) is 6.29 Å². The minimum atomic E-state index is -3.25. The van der Waals surface area contributed by atoms with Crippen LogP contribution in [0.3, 0.4) is 0 Å². The van der Waals surface area contributed by atoms with Gasteiger partial charge >= 0.3 is 7.51 Å². The summed E-state index contributed by atoms with van der Waals surface area (Å²) in [5, 5.41) is 3.48. The second-order valence-corrected chi connectivity index (χ2v) is 28.2. The highest BCUT2D eigenvalue weighted by atomic mass is 31.3. The summed E-state index contributed by atoms with van der Waals surface area (Å²) >= 11 is 0. The van der Waals surface area contributed by atoms with E-state index in [1.165, 1.54) is 0 Å². The molecular weight excluding hydrogens is 618 g/mol. The van der Waals surface area contributed by atoms with Crippen molar-refractivity contribution in [2.24, 2.45) is 23.7 Å². The lowest BCUT2D eigenvalue weighted by atomic mass is 9.82. The Hall–Kier alpha value is 0.560. The van der Waals surface area contributed by atoms with Crippen molar-refractivity contribution in [3.05, 3.63) is 0 Å². The highest BCUT2D eigenvalue weighted by Gasteiger charge is 2.42. The fourth-order valence-corrected chi connectivity index (χ4v) is 24.2. The zero-order valence-corrected chi connectivity index (χ0v) is 35.6. The lowest BCUT2D eigenvalue weighted by Gasteiger charge is -2.45. The SMILES string of the molecule is CNCP(=NP(=NC(C)(C)CC(C)(C)C)(N=P(N(C)C)(N(C)C)N(C)C)N=P(N(C)C)(N(C)C)N(C)C)(N(C)C)N(C)C. The third-order valence-electron chi connectivity index (χ3n) is 6.98. The smallest absolute Gasteiger partial charge is 0.305 e. The third-order valence-corrected chi connectivity index (χ3v) is 23.5. The second kappa shape index (κ2) is 16.1. The number of hydrogen-bond acceptors (Lipinski definition) is 2. The molecule has 260 valence electrons. The molecule has 43 heavy (non-hydrogen) atoms. The third kappa shape index (κ3) is 10.3. The number of hydrogen-bond donors (Lipinski definition) is 1. The first-order chi connectivity index (χ1) is 19.1. The van der Waals surface area contributed by atoms with E-state index in [1.807, 2.05) is 7.05 Å². The normalized spacial score (nSPS) is 14.8. The molecule has 0 aromatic heterocycles.